The van der Waals surface area contributed by atoms with Crippen LogP contribution in [-0.4, -0.2) is 42.2 Å². The molecule has 0 aliphatic heterocycles. The van der Waals surface area contributed by atoms with Crippen LogP contribution in [0.1, 0.15) is 42.1 Å². The Kier molecular flexibility index (Phi) is 8.67. The summed E-state index contributed by atoms with van der Waals surface area (Å²) in [6.45, 7) is 4.09. The molecule has 0 spiro atoms. The van der Waals surface area contributed by atoms with Gasteiger partial charge in [0.1, 0.15) is 30.9 Å². The molecule has 0 fully saturated rings. The molecule has 0 radical (unpaired) electrons. The number of ether oxygens (including phenoxy) is 2. The Balaban J connectivity index is 1.83. The molecule has 0 aliphatic rings. The van der Waals surface area contributed by atoms with Gasteiger partial charge in [0.05, 0.1) is 22.2 Å². The first-order valence-electron chi connectivity index (χ1n) is 10.8. The highest BCUT2D eigenvalue weighted by molar-refractivity contribution is 7.89. The second kappa shape index (κ2) is 11.3. The minimum Gasteiger partial charge on any atom is -0.504 e. The van der Waals surface area contributed by atoms with Gasteiger partial charge in [-0.1, -0.05) is 37.6 Å². The Labute approximate surface area is 220 Å². The fourth-order valence-electron chi connectivity index (χ4n) is 3.57. The van der Waals surface area contributed by atoms with Gasteiger partial charge < -0.3 is 14.6 Å². The second-order valence-electron chi connectivity index (χ2n) is 8.58. The van der Waals surface area contributed by atoms with Crippen LogP contribution in [0.2, 0.25) is 5.02 Å². The largest absolute Gasteiger partial charge is 0.504 e. The summed E-state index contributed by atoms with van der Waals surface area (Å²) < 4.78 is 34.3. The smallest absolute Gasteiger partial charge is 0.161 e. The highest BCUT2D eigenvalue weighted by Gasteiger charge is 2.29. The predicted octanol–water partition coefficient (Wildman–Crippen LogP) is 4.77. The number of nitrogens with zero attached hydrogens (tertiary/aromatic N) is 3. The van der Waals surface area contributed by atoms with E-state index < -0.39 is 15.3 Å². The molecule has 2 aromatic carbocycles. The number of rotatable bonds is 10. The topological polar surface area (TPSA) is 122 Å². The third kappa shape index (κ3) is 6.58. The van der Waals surface area contributed by atoms with Crippen molar-refractivity contribution in [1.29, 1.82) is 5.26 Å². The number of aromatic hydroxyl groups is 1. The average Bonchev–Trinajstić information content (AvgIpc) is 2.81. The summed E-state index contributed by atoms with van der Waals surface area (Å²) in [6.07, 6.45) is 2.57. The zero-order chi connectivity index (χ0) is 26.5. The number of phenolic OH excluding ortho intramolecular Hbond substituents is 1. The van der Waals surface area contributed by atoms with Gasteiger partial charge in [-0.2, -0.15) is 5.26 Å². The van der Waals surface area contributed by atoms with Crippen molar-refractivity contribution in [2.45, 2.75) is 31.6 Å². The zero-order valence-electron chi connectivity index (χ0n) is 20.0. The van der Waals surface area contributed by atoms with E-state index in [-0.39, 0.29) is 47.9 Å². The number of sulfone groups is 1. The lowest BCUT2D eigenvalue weighted by atomic mass is 9.77. The molecule has 36 heavy (non-hydrogen) atoms. The van der Waals surface area contributed by atoms with E-state index in [1.165, 1.54) is 6.20 Å². The van der Waals surface area contributed by atoms with Crippen molar-refractivity contribution < 1.29 is 23.0 Å². The number of halogens is 2. The first-order chi connectivity index (χ1) is 17.0. The molecule has 11 heteroatoms. The van der Waals surface area contributed by atoms with Crippen LogP contribution in [0, 0.1) is 11.3 Å². The maximum Gasteiger partial charge on any atom is 0.161 e. The van der Waals surface area contributed by atoms with E-state index in [2.05, 4.69) is 16.0 Å². The lowest BCUT2D eigenvalue weighted by Crippen LogP contribution is -2.20. The molecule has 1 N–H and O–H groups in total. The molecule has 0 saturated heterocycles. The molecule has 190 valence electrons. The van der Waals surface area contributed by atoms with Gasteiger partial charge in [-0.05, 0) is 35.4 Å². The number of phenols is 1. The van der Waals surface area contributed by atoms with Crippen molar-refractivity contribution >= 4 is 33.0 Å². The van der Waals surface area contributed by atoms with Gasteiger partial charge in [0.15, 0.2) is 27.1 Å². The molecule has 0 aliphatic carbocycles. The Morgan fingerprint density at radius 2 is 1.92 bits per heavy atom. The van der Waals surface area contributed by atoms with Crippen LogP contribution in [0.5, 0.6) is 17.2 Å². The van der Waals surface area contributed by atoms with Gasteiger partial charge in [0.2, 0.25) is 0 Å². The van der Waals surface area contributed by atoms with E-state index >= 15 is 0 Å². The molecule has 0 atom stereocenters. The molecule has 0 unspecified atom stereocenters. The molecular formula is C25H25Cl2N3O5S. The fraction of sp³-hybridized carbons (Fsp3) is 0.320. The number of hydrogen-bond donors (Lipinski definition) is 1. The summed E-state index contributed by atoms with van der Waals surface area (Å²) in [5.41, 5.74) is 1.58. The molecule has 3 rings (SSSR count). The summed E-state index contributed by atoms with van der Waals surface area (Å²) in [4.78, 5) is 8.16. The van der Waals surface area contributed by atoms with Crippen LogP contribution in [0.15, 0.2) is 42.6 Å². The Bertz CT molecular complexity index is 1410. The third-order valence-corrected chi connectivity index (χ3v) is 6.74. The van der Waals surface area contributed by atoms with Crippen LogP contribution >= 0.6 is 23.2 Å². The fourth-order valence-corrected chi connectivity index (χ4v) is 4.71. The molecule has 3 aromatic rings. The minimum atomic E-state index is -3.27. The summed E-state index contributed by atoms with van der Waals surface area (Å²) in [5, 5.41) is 20.4. The second-order valence-corrected chi connectivity index (χ2v) is 11.5. The summed E-state index contributed by atoms with van der Waals surface area (Å²) in [6, 6.07) is 12.1. The van der Waals surface area contributed by atoms with E-state index in [4.69, 9.17) is 32.7 Å². The Morgan fingerprint density at radius 1 is 1.17 bits per heavy atom. The van der Waals surface area contributed by atoms with Crippen molar-refractivity contribution in [3.05, 3.63) is 75.8 Å². The summed E-state index contributed by atoms with van der Waals surface area (Å²) in [5.74, 6) is 0.567. The lowest BCUT2D eigenvalue weighted by Gasteiger charge is -2.28. The standard InChI is InChI=1S/C25H25Cl2N3O5S/c1-25(2,19-6-4-16(13-28)24(23(19)27)34-11-9-26)17-5-7-21(20(31)12-17)35-14-18-8-10-29-22(30-18)15-36(3,32)33/h4-8,10,12,31H,9,11,14-15H2,1-3H3. The number of benzene rings is 2. The van der Waals surface area contributed by atoms with E-state index in [1.807, 2.05) is 13.8 Å². The maximum atomic E-state index is 11.5. The van der Waals surface area contributed by atoms with Gasteiger partial charge in [-0.3, -0.25) is 0 Å². The quantitative estimate of drug-likeness (QED) is 0.358. The van der Waals surface area contributed by atoms with Crippen molar-refractivity contribution in [1.82, 2.24) is 9.97 Å². The van der Waals surface area contributed by atoms with E-state index in [9.17, 15) is 18.8 Å². The summed E-state index contributed by atoms with van der Waals surface area (Å²) >= 11 is 12.4. The highest BCUT2D eigenvalue weighted by atomic mass is 35.5. The molecule has 1 heterocycles. The van der Waals surface area contributed by atoms with Crippen LogP contribution in [-0.2, 0) is 27.6 Å². The number of aromatic nitrogens is 2. The summed E-state index contributed by atoms with van der Waals surface area (Å²) in [7, 11) is -3.27. The monoisotopic (exact) mass is 549 g/mol. The van der Waals surface area contributed by atoms with E-state index in [0.717, 1.165) is 11.8 Å². The maximum absolute atomic E-state index is 11.5. The van der Waals surface area contributed by atoms with Crippen LogP contribution in [0.25, 0.3) is 0 Å². The van der Waals surface area contributed by atoms with Gasteiger partial charge in [0.25, 0.3) is 0 Å². The molecule has 0 bridgehead atoms. The molecule has 8 nitrogen and oxygen atoms in total. The van der Waals surface area contributed by atoms with Crippen molar-refractivity contribution in [2.24, 2.45) is 0 Å². The SMILES string of the molecule is CC(C)(c1ccc(OCc2ccnc(CS(C)(=O)=O)n2)c(O)c1)c1ccc(C#N)c(OCCCl)c1Cl. The number of hydrogen-bond acceptors (Lipinski definition) is 8. The molecule has 1 aromatic heterocycles. The van der Waals surface area contributed by atoms with E-state index in [1.54, 1.807) is 36.4 Å². The van der Waals surface area contributed by atoms with E-state index in [0.29, 0.717) is 21.8 Å². The van der Waals surface area contributed by atoms with Crippen molar-refractivity contribution in [3.8, 4) is 23.3 Å². The molecule has 0 saturated carbocycles. The van der Waals surface area contributed by atoms with Crippen LogP contribution in [0.3, 0.4) is 0 Å². The van der Waals surface area contributed by atoms with Gasteiger partial charge in [-0.15, -0.1) is 11.6 Å². The zero-order valence-corrected chi connectivity index (χ0v) is 22.3. The normalized spacial score (nSPS) is 11.7. The highest BCUT2D eigenvalue weighted by Crippen LogP contribution is 2.43. The molecular weight excluding hydrogens is 525 g/mol. The Hall–Kier alpha value is -3.06. The van der Waals surface area contributed by atoms with Crippen LogP contribution < -0.4 is 9.47 Å². The molecule has 0 amide bonds. The van der Waals surface area contributed by atoms with Gasteiger partial charge >= 0.3 is 0 Å². The minimum absolute atomic E-state index is 0.0122. The number of alkyl halides is 1. The number of nitriles is 1. The van der Waals surface area contributed by atoms with Crippen molar-refractivity contribution in [2.75, 3.05) is 18.7 Å². The first kappa shape index (κ1) is 27.5. The Morgan fingerprint density at radius 3 is 2.56 bits per heavy atom. The van der Waals surface area contributed by atoms with Gasteiger partial charge in [-0.25, -0.2) is 18.4 Å². The first-order valence-corrected chi connectivity index (χ1v) is 13.8. The average molecular weight is 550 g/mol. The van der Waals surface area contributed by atoms with Gasteiger partial charge in [0, 0.05) is 17.9 Å². The third-order valence-electron chi connectivity index (χ3n) is 5.43. The van der Waals surface area contributed by atoms with Crippen molar-refractivity contribution in [3.63, 3.8) is 0 Å². The predicted molar refractivity (Wildman–Crippen MR) is 138 cm³/mol. The van der Waals surface area contributed by atoms with Crippen LogP contribution in [0.4, 0.5) is 0 Å². The lowest BCUT2D eigenvalue weighted by molar-refractivity contribution is 0.284.